The molecule has 2 rings (SSSR count). The van der Waals surface area contributed by atoms with E-state index in [1.54, 1.807) is 31.4 Å². The molecular formula is C21H25N3O4. The third-order valence-electron chi connectivity index (χ3n) is 4.07. The Bertz CT molecular complexity index is 834. The number of carbonyl (C=O) groups excluding carboxylic acids is 3. The van der Waals surface area contributed by atoms with Gasteiger partial charge in [0.25, 0.3) is 0 Å². The lowest BCUT2D eigenvalue weighted by atomic mass is 10.2. The van der Waals surface area contributed by atoms with Crippen LogP contribution in [0.25, 0.3) is 0 Å². The summed E-state index contributed by atoms with van der Waals surface area (Å²) in [5.74, 6) is 0.237. The fraction of sp³-hybridized carbons (Fsp3) is 0.286. The highest BCUT2D eigenvalue weighted by atomic mass is 16.5. The Morgan fingerprint density at radius 2 is 1.75 bits per heavy atom. The topological polar surface area (TPSA) is 87.7 Å². The number of hydrogen-bond acceptors (Lipinski definition) is 4. The maximum Gasteiger partial charge on any atom is 0.223 e. The van der Waals surface area contributed by atoms with Crippen LogP contribution in [0, 0.1) is 0 Å². The summed E-state index contributed by atoms with van der Waals surface area (Å²) in [4.78, 5) is 36.9. The summed E-state index contributed by atoms with van der Waals surface area (Å²) < 4.78 is 5.11. The molecule has 2 aromatic carbocycles. The Morgan fingerprint density at radius 3 is 2.36 bits per heavy atom. The first-order valence-electron chi connectivity index (χ1n) is 8.94. The van der Waals surface area contributed by atoms with Crippen molar-refractivity contribution in [3.8, 4) is 5.75 Å². The Morgan fingerprint density at radius 1 is 1.04 bits per heavy atom. The Kier molecular flexibility index (Phi) is 7.56. The molecule has 2 N–H and O–H groups in total. The second kappa shape index (κ2) is 10.1. The highest BCUT2D eigenvalue weighted by Gasteiger charge is 2.14. The molecule has 0 saturated carbocycles. The van der Waals surface area contributed by atoms with Gasteiger partial charge in [0.2, 0.25) is 17.7 Å². The van der Waals surface area contributed by atoms with Gasteiger partial charge in [-0.15, -0.1) is 0 Å². The molecular weight excluding hydrogens is 358 g/mol. The molecule has 0 aliphatic rings. The van der Waals surface area contributed by atoms with Gasteiger partial charge in [-0.2, -0.15) is 0 Å². The van der Waals surface area contributed by atoms with Gasteiger partial charge in [0.1, 0.15) is 5.75 Å². The van der Waals surface area contributed by atoms with E-state index in [1.807, 2.05) is 24.3 Å². The fourth-order valence-electron chi connectivity index (χ4n) is 2.67. The predicted molar refractivity (Wildman–Crippen MR) is 108 cm³/mol. The number of ether oxygens (including phenoxy) is 1. The molecule has 0 aliphatic heterocycles. The van der Waals surface area contributed by atoms with Gasteiger partial charge < -0.3 is 20.3 Å². The van der Waals surface area contributed by atoms with Gasteiger partial charge in [-0.25, -0.2) is 0 Å². The van der Waals surface area contributed by atoms with Crippen LogP contribution in [-0.4, -0.2) is 31.4 Å². The average molecular weight is 383 g/mol. The smallest absolute Gasteiger partial charge is 0.223 e. The zero-order valence-electron chi connectivity index (χ0n) is 16.3. The molecule has 0 aromatic heterocycles. The van der Waals surface area contributed by atoms with Gasteiger partial charge in [-0.3, -0.25) is 14.4 Å². The molecule has 0 fully saturated rings. The summed E-state index contributed by atoms with van der Waals surface area (Å²) in [6.45, 7) is 3.51. The number of nitrogens with zero attached hydrogens (tertiary/aromatic N) is 1. The minimum atomic E-state index is -0.190. The van der Waals surface area contributed by atoms with Crippen LogP contribution in [0.2, 0.25) is 0 Å². The lowest BCUT2D eigenvalue weighted by Crippen LogP contribution is -2.33. The standard InChI is InChI=1S/C21H25N3O4/c1-15(25)23-18-5-4-6-19(13-18)24(16(2)26)12-11-21(27)22-14-17-7-9-20(28-3)10-8-17/h4-10,13H,11-12,14H2,1-3H3,(H,22,27)(H,23,25). The highest BCUT2D eigenvalue weighted by molar-refractivity contribution is 5.94. The summed E-state index contributed by atoms with van der Waals surface area (Å²) in [6, 6.07) is 14.4. The Hall–Kier alpha value is -3.35. The fourth-order valence-corrected chi connectivity index (χ4v) is 2.67. The number of amides is 3. The third kappa shape index (κ3) is 6.42. The quantitative estimate of drug-likeness (QED) is 0.734. The normalized spacial score (nSPS) is 10.1. The predicted octanol–water partition coefficient (Wildman–Crippen LogP) is 2.71. The van der Waals surface area contributed by atoms with Crippen LogP contribution in [-0.2, 0) is 20.9 Å². The van der Waals surface area contributed by atoms with E-state index in [1.165, 1.54) is 18.7 Å². The molecule has 0 saturated heterocycles. The maximum atomic E-state index is 12.2. The maximum absolute atomic E-state index is 12.2. The van der Waals surface area contributed by atoms with Crippen molar-refractivity contribution < 1.29 is 19.1 Å². The Labute approximate surface area is 164 Å². The first-order valence-corrected chi connectivity index (χ1v) is 8.94. The molecule has 0 radical (unpaired) electrons. The van der Waals surface area contributed by atoms with Gasteiger partial charge in [0, 0.05) is 44.7 Å². The van der Waals surface area contributed by atoms with E-state index < -0.39 is 0 Å². The average Bonchev–Trinajstić information content (AvgIpc) is 2.66. The third-order valence-corrected chi connectivity index (χ3v) is 4.07. The van der Waals surface area contributed by atoms with Crippen molar-refractivity contribution in [2.75, 3.05) is 23.9 Å². The number of nitrogens with one attached hydrogen (secondary N) is 2. The van der Waals surface area contributed by atoms with Crippen molar-refractivity contribution in [3.63, 3.8) is 0 Å². The monoisotopic (exact) mass is 383 g/mol. The number of methoxy groups -OCH3 is 1. The molecule has 0 aliphatic carbocycles. The van der Waals surface area contributed by atoms with Crippen LogP contribution < -0.4 is 20.3 Å². The van der Waals surface area contributed by atoms with E-state index in [0.29, 0.717) is 17.9 Å². The number of benzene rings is 2. The molecule has 7 nitrogen and oxygen atoms in total. The van der Waals surface area contributed by atoms with Crippen LogP contribution >= 0.6 is 0 Å². The van der Waals surface area contributed by atoms with E-state index in [9.17, 15) is 14.4 Å². The number of carbonyl (C=O) groups is 3. The van der Waals surface area contributed by atoms with Crippen molar-refractivity contribution >= 4 is 29.1 Å². The summed E-state index contributed by atoms with van der Waals surface area (Å²) >= 11 is 0. The second-order valence-electron chi connectivity index (χ2n) is 6.28. The molecule has 0 atom stereocenters. The van der Waals surface area contributed by atoms with E-state index in [0.717, 1.165) is 11.3 Å². The van der Waals surface area contributed by atoms with Crippen LogP contribution in [0.15, 0.2) is 48.5 Å². The lowest BCUT2D eigenvalue weighted by Gasteiger charge is -2.21. The van der Waals surface area contributed by atoms with E-state index in [2.05, 4.69) is 10.6 Å². The van der Waals surface area contributed by atoms with Crippen LogP contribution in [0.1, 0.15) is 25.8 Å². The number of hydrogen-bond donors (Lipinski definition) is 2. The van der Waals surface area contributed by atoms with Gasteiger partial charge in [0.15, 0.2) is 0 Å². The molecule has 2 aromatic rings. The van der Waals surface area contributed by atoms with Crippen molar-refractivity contribution in [2.24, 2.45) is 0 Å². The first kappa shape index (κ1) is 21.0. The van der Waals surface area contributed by atoms with Crippen molar-refractivity contribution in [3.05, 3.63) is 54.1 Å². The first-order chi connectivity index (χ1) is 13.4. The van der Waals surface area contributed by atoms with Crippen molar-refractivity contribution in [1.29, 1.82) is 0 Å². The van der Waals surface area contributed by atoms with Gasteiger partial charge >= 0.3 is 0 Å². The zero-order valence-corrected chi connectivity index (χ0v) is 16.3. The molecule has 0 spiro atoms. The molecule has 0 bridgehead atoms. The second-order valence-corrected chi connectivity index (χ2v) is 6.28. The van der Waals surface area contributed by atoms with Gasteiger partial charge in [0.05, 0.1) is 7.11 Å². The van der Waals surface area contributed by atoms with E-state index in [4.69, 9.17) is 4.74 Å². The zero-order chi connectivity index (χ0) is 20.5. The van der Waals surface area contributed by atoms with Crippen LogP contribution in [0.5, 0.6) is 5.75 Å². The van der Waals surface area contributed by atoms with Gasteiger partial charge in [-0.1, -0.05) is 18.2 Å². The molecule has 148 valence electrons. The largest absolute Gasteiger partial charge is 0.497 e. The summed E-state index contributed by atoms with van der Waals surface area (Å²) in [5, 5.41) is 5.53. The van der Waals surface area contributed by atoms with E-state index >= 15 is 0 Å². The molecule has 28 heavy (non-hydrogen) atoms. The number of rotatable bonds is 8. The van der Waals surface area contributed by atoms with Crippen molar-refractivity contribution in [1.82, 2.24) is 5.32 Å². The Balaban J connectivity index is 1.92. The molecule has 0 heterocycles. The van der Waals surface area contributed by atoms with Crippen LogP contribution in [0.4, 0.5) is 11.4 Å². The minimum Gasteiger partial charge on any atom is -0.497 e. The highest BCUT2D eigenvalue weighted by Crippen LogP contribution is 2.20. The molecule has 7 heteroatoms. The van der Waals surface area contributed by atoms with Crippen molar-refractivity contribution in [2.45, 2.75) is 26.8 Å². The summed E-state index contributed by atoms with van der Waals surface area (Å²) in [6.07, 6.45) is 0.167. The van der Waals surface area contributed by atoms with E-state index in [-0.39, 0.29) is 30.7 Å². The summed E-state index contributed by atoms with van der Waals surface area (Å²) in [7, 11) is 1.60. The molecule has 3 amide bonds. The van der Waals surface area contributed by atoms with Gasteiger partial charge in [-0.05, 0) is 35.9 Å². The SMILES string of the molecule is COc1ccc(CNC(=O)CCN(C(C)=O)c2cccc(NC(C)=O)c2)cc1. The molecule has 0 unspecified atom stereocenters. The minimum absolute atomic E-state index is 0.153. The number of anilines is 2. The lowest BCUT2D eigenvalue weighted by molar-refractivity contribution is -0.121. The van der Waals surface area contributed by atoms with Crippen LogP contribution in [0.3, 0.4) is 0 Å². The summed E-state index contributed by atoms with van der Waals surface area (Å²) in [5.41, 5.74) is 2.18.